The molecule has 1 rings (SSSR count). The highest BCUT2D eigenvalue weighted by molar-refractivity contribution is 5.20. The van der Waals surface area contributed by atoms with Gasteiger partial charge in [-0.25, -0.2) is 0 Å². The van der Waals surface area contributed by atoms with E-state index in [2.05, 4.69) is 0 Å². The highest BCUT2D eigenvalue weighted by Crippen LogP contribution is 2.09. The van der Waals surface area contributed by atoms with E-state index in [1.165, 1.54) is 0 Å². The molecule has 2 unspecified atom stereocenters. The number of hydrogen-bond donors (Lipinski definition) is 2. The summed E-state index contributed by atoms with van der Waals surface area (Å²) >= 11 is 0. The summed E-state index contributed by atoms with van der Waals surface area (Å²) in [6.07, 6.45) is -0.329. The molecule has 4 nitrogen and oxygen atoms in total. The number of aliphatic hydroxyl groups excluding tert-OH is 1. The van der Waals surface area contributed by atoms with Crippen LogP contribution in [0.15, 0.2) is 30.3 Å². The normalized spacial score (nSPS) is 14.5. The second kappa shape index (κ2) is 8.08. The SMILES string of the molecule is CC(C)C(N)C(CO)OCCOc1ccccc1. The zero-order valence-corrected chi connectivity index (χ0v) is 11.1. The van der Waals surface area contributed by atoms with E-state index in [0.29, 0.717) is 13.2 Å². The van der Waals surface area contributed by atoms with Crippen LogP contribution in [-0.2, 0) is 4.74 Å². The van der Waals surface area contributed by atoms with E-state index >= 15 is 0 Å². The fraction of sp³-hybridized carbons (Fsp3) is 0.571. The Morgan fingerprint density at radius 2 is 1.83 bits per heavy atom. The molecule has 0 saturated heterocycles. The molecule has 1 aromatic carbocycles. The monoisotopic (exact) mass is 253 g/mol. The van der Waals surface area contributed by atoms with Crippen LogP contribution in [0.2, 0.25) is 0 Å². The van der Waals surface area contributed by atoms with Gasteiger partial charge in [0.25, 0.3) is 0 Å². The topological polar surface area (TPSA) is 64.7 Å². The summed E-state index contributed by atoms with van der Waals surface area (Å²) in [7, 11) is 0. The van der Waals surface area contributed by atoms with Gasteiger partial charge in [-0.2, -0.15) is 0 Å². The zero-order valence-electron chi connectivity index (χ0n) is 11.1. The largest absolute Gasteiger partial charge is 0.491 e. The first-order valence-corrected chi connectivity index (χ1v) is 6.31. The molecule has 0 aromatic heterocycles. The summed E-state index contributed by atoms with van der Waals surface area (Å²) in [6.45, 7) is 4.82. The standard InChI is InChI=1S/C14H23NO3/c1-11(2)14(15)13(10-16)18-9-8-17-12-6-4-3-5-7-12/h3-7,11,13-14,16H,8-10,15H2,1-2H3. The van der Waals surface area contributed by atoms with Gasteiger partial charge in [-0.1, -0.05) is 32.0 Å². The third-order valence-electron chi connectivity index (χ3n) is 2.81. The van der Waals surface area contributed by atoms with Crippen LogP contribution < -0.4 is 10.5 Å². The Morgan fingerprint density at radius 1 is 1.17 bits per heavy atom. The summed E-state index contributed by atoms with van der Waals surface area (Å²) in [4.78, 5) is 0. The van der Waals surface area contributed by atoms with Gasteiger partial charge in [0.15, 0.2) is 0 Å². The first kappa shape index (κ1) is 15.0. The minimum atomic E-state index is -0.329. The number of ether oxygens (including phenoxy) is 2. The van der Waals surface area contributed by atoms with E-state index in [4.69, 9.17) is 15.2 Å². The van der Waals surface area contributed by atoms with Crippen LogP contribution in [0.1, 0.15) is 13.8 Å². The highest BCUT2D eigenvalue weighted by Gasteiger charge is 2.20. The predicted octanol–water partition coefficient (Wildman–Crippen LogP) is 1.43. The van der Waals surface area contributed by atoms with Crippen molar-refractivity contribution in [2.75, 3.05) is 19.8 Å². The molecule has 0 fully saturated rings. The van der Waals surface area contributed by atoms with Crippen molar-refractivity contribution in [2.24, 2.45) is 11.7 Å². The summed E-state index contributed by atoms with van der Waals surface area (Å²) in [6, 6.07) is 9.40. The van der Waals surface area contributed by atoms with Gasteiger partial charge >= 0.3 is 0 Å². The Bertz CT molecular complexity index is 316. The van der Waals surface area contributed by atoms with Gasteiger partial charge in [-0.05, 0) is 18.1 Å². The predicted molar refractivity (Wildman–Crippen MR) is 71.6 cm³/mol. The first-order valence-electron chi connectivity index (χ1n) is 6.31. The Hall–Kier alpha value is -1.10. The minimum absolute atomic E-state index is 0.0648. The fourth-order valence-corrected chi connectivity index (χ4v) is 1.59. The molecule has 0 aliphatic heterocycles. The second-order valence-corrected chi connectivity index (χ2v) is 4.57. The van der Waals surface area contributed by atoms with Crippen molar-refractivity contribution in [3.63, 3.8) is 0 Å². The molecule has 2 atom stereocenters. The van der Waals surface area contributed by atoms with Gasteiger partial charge in [-0.3, -0.25) is 0 Å². The van der Waals surface area contributed by atoms with Crippen LogP contribution in [-0.4, -0.2) is 37.1 Å². The van der Waals surface area contributed by atoms with Crippen LogP contribution in [0.3, 0.4) is 0 Å². The average Bonchev–Trinajstić information content (AvgIpc) is 2.39. The Labute approximate surface area is 109 Å². The van der Waals surface area contributed by atoms with Crippen molar-refractivity contribution in [2.45, 2.75) is 26.0 Å². The second-order valence-electron chi connectivity index (χ2n) is 4.57. The molecule has 0 radical (unpaired) electrons. The lowest BCUT2D eigenvalue weighted by Crippen LogP contribution is -2.43. The Morgan fingerprint density at radius 3 is 2.39 bits per heavy atom. The molecule has 1 aromatic rings. The molecule has 0 saturated carbocycles. The Balaban J connectivity index is 2.24. The number of para-hydroxylation sites is 1. The summed E-state index contributed by atoms with van der Waals surface area (Å²) < 4.78 is 11.0. The van der Waals surface area contributed by atoms with Crippen molar-refractivity contribution in [3.05, 3.63) is 30.3 Å². The fourth-order valence-electron chi connectivity index (χ4n) is 1.59. The van der Waals surface area contributed by atoms with Crippen LogP contribution in [0.25, 0.3) is 0 Å². The van der Waals surface area contributed by atoms with Gasteiger partial charge < -0.3 is 20.3 Å². The maximum atomic E-state index is 9.22. The molecule has 0 heterocycles. The lowest BCUT2D eigenvalue weighted by atomic mass is 10.0. The number of nitrogens with two attached hydrogens (primary N) is 1. The number of aliphatic hydroxyl groups is 1. The molecular weight excluding hydrogens is 230 g/mol. The van der Waals surface area contributed by atoms with E-state index in [0.717, 1.165) is 5.75 Å². The van der Waals surface area contributed by atoms with E-state index in [9.17, 15) is 5.11 Å². The lowest BCUT2D eigenvalue weighted by Gasteiger charge is -2.25. The van der Waals surface area contributed by atoms with Crippen LogP contribution in [0.4, 0.5) is 0 Å². The third-order valence-corrected chi connectivity index (χ3v) is 2.81. The molecule has 4 heteroatoms. The maximum absolute atomic E-state index is 9.22. The molecule has 0 spiro atoms. The molecule has 0 aliphatic rings. The van der Waals surface area contributed by atoms with Crippen molar-refractivity contribution in [3.8, 4) is 5.75 Å². The highest BCUT2D eigenvalue weighted by atomic mass is 16.5. The van der Waals surface area contributed by atoms with Crippen molar-refractivity contribution < 1.29 is 14.6 Å². The van der Waals surface area contributed by atoms with E-state index in [-0.39, 0.29) is 24.7 Å². The van der Waals surface area contributed by atoms with E-state index in [1.54, 1.807) is 0 Å². The summed E-state index contributed by atoms with van der Waals surface area (Å²) in [5, 5.41) is 9.22. The minimum Gasteiger partial charge on any atom is -0.491 e. The van der Waals surface area contributed by atoms with Gasteiger partial charge in [-0.15, -0.1) is 0 Å². The van der Waals surface area contributed by atoms with Crippen molar-refractivity contribution >= 4 is 0 Å². The van der Waals surface area contributed by atoms with Gasteiger partial charge in [0, 0.05) is 6.04 Å². The first-order chi connectivity index (χ1) is 8.65. The molecule has 3 N–H and O–H groups in total. The van der Waals surface area contributed by atoms with E-state index in [1.807, 2.05) is 44.2 Å². The number of benzene rings is 1. The van der Waals surface area contributed by atoms with Gasteiger partial charge in [0.05, 0.1) is 19.3 Å². The lowest BCUT2D eigenvalue weighted by molar-refractivity contribution is -0.0213. The van der Waals surface area contributed by atoms with E-state index < -0.39 is 0 Å². The molecule has 0 bridgehead atoms. The van der Waals surface area contributed by atoms with Crippen LogP contribution in [0, 0.1) is 5.92 Å². The molecule has 0 amide bonds. The third kappa shape index (κ3) is 5.04. The van der Waals surface area contributed by atoms with Crippen LogP contribution >= 0.6 is 0 Å². The number of hydrogen-bond acceptors (Lipinski definition) is 4. The summed E-state index contributed by atoms with van der Waals surface area (Å²) in [5.74, 6) is 1.09. The van der Waals surface area contributed by atoms with Crippen LogP contribution in [0.5, 0.6) is 5.75 Å². The van der Waals surface area contributed by atoms with Crippen molar-refractivity contribution in [1.82, 2.24) is 0 Å². The quantitative estimate of drug-likeness (QED) is 0.688. The Kier molecular flexibility index (Phi) is 6.72. The molecule has 0 aliphatic carbocycles. The maximum Gasteiger partial charge on any atom is 0.119 e. The number of rotatable bonds is 8. The smallest absolute Gasteiger partial charge is 0.119 e. The molecular formula is C14H23NO3. The average molecular weight is 253 g/mol. The van der Waals surface area contributed by atoms with Gasteiger partial charge in [0.1, 0.15) is 12.4 Å². The molecule has 18 heavy (non-hydrogen) atoms. The zero-order chi connectivity index (χ0) is 13.4. The van der Waals surface area contributed by atoms with Gasteiger partial charge in [0.2, 0.25) is 0 Å². The summed E-state index contributed by atoms with van der Waals surface area (Å²) in [5.41, 5.74) is 5.94. The molecule has 102 valence electrons. The van der Waals surface area contributed by atoms with Crippen molar-refractivity contribution in [1.29, 1.82) is 0 Å².